The average Bonchev–Trinajstić information content (AvgIpc) is 2.34. The van der Waals surface area contributed by atoms with Crippen LogP contribution in [0.3, 0.4) is 0 Å². The molecule has 0 atom stereocenters. The zero-order chi connectivity index (χ0) is 12.3. The molecule has 1 aromatic carbocycles. The molecule has 0 saturated carbocycles. The molecule has 0 spiro atoms. The minimum atomic E-state index is 0. The van der Waals surface area contributed by atoms with E-state index in [0.29, 0.717) is 5.92 Å². The average molecular weight is 290 g/mol. The molecule has 4 heteroatoms. The van der Waals surface area contributed by atoms with Gasteiger partial charge in [0.2, 0.25) is 0 Å². The lowest BCUT2D eigenvalue weighted by molar-refractivity contribution is 0.215. The first-order chi connectivity index (χ1) is 8.16. The van der Waals surface area contributed by atoms with E-state index in [-0.39, 0.29) is 12.4 Å². The highest BCUT2D eigenvalue weighted by Crippen LogP contribution is 2.26. The molecule has 1 fully saturated rings. The van der Waals surface area contributed by atoms with E-state index in [1.165, 1.54) is 12.8 Å². The van der Waals surface area contributed by atoms with Gasteiger partial charge in [0.05, 0.1) is 6.61 Å². The molecule has 0 radical (unpaired) electrons. The molecule has 1 aromatic rings. The summed E-state index contributed by atoms with van der Waals surface area (Å²) in [5.74, 6) is 1.63. The highest BCUT2D eigenvalue weighted by Gasteiger charge is 2.13. The van der Waals surface area contributed by atoms with Gasteiger partial charge in [0, 0.05) is 5.02 Å². The maximum atomic E-state index is 6.13. The summed E-state index contributed by atoms with van der Waals surface area (Å²) in [5.41, 5.74) is 2.18. The van der Waals surface area contributed by atoms with Crippen LogP contribution in [0.5, 0.6) is 5.75 Å². The predicted molar refractivity (Wildman–Crippen MR) is 79.3 cm³/mol. The van der Waals surface area contributed by atoms with E-state index < -0.39 is 0 Å². The fourth-order valence-corrected chi connectivity index (χ4v) is 2.36. The second-order valence-corrected chi connectivity index (χ2v) is 5.25. The number of hydrogen-bond donors (Lipinski definition) is 1. The highest BCUT2D eigenvalue weighted by atomic mass is 35.5. The van der Waals surface area contributed by atoms with Crippen molar-refractivity contribution in [3.05, 3.63) is 28.3 Å². The van der Waals surface area contributed by atoms with Crippen LogP contribution in [0.4, 0.5) is 0 Å². The summed E-state index contributed by atoms with van der Waals surface area (Å²) in [6.07, 6.45) is 2.43. The second-order valence-electron chi connectivity index (χ2n) is 4.88. The highest BCUT2D eigenvalue weighted by molar-refractivity contribution is 6.32. The molecular formula is C14H21Cl2NO. The first-order valence-corrected chi connectivity index (χ1v) is 6.65. The van der Waals surface area contributed by atoms with Crippen LogP contribution in [0.1, 0.15) is 24.0 Å². The van der Waals surface area contributed by atoms with E-state index in [4.69, 9.17) is 16.3 Å². The van der Waals surface area contributed by atoms with Crippen LogP contribution in [0.15, 0.2) is 12.1 Å². The van der Waals surface area contributed by atoms with Gasteiger partial charge in [-0.05, 0) is 69.0 Å². The van der Waals surface area contributed by atoms with E-state index in [1.54, 1.807) is 0 Å². The van der Waals surface area contributed by atoms with Gasteiger partial charge in [-0.1, -0.05) is 11.6 Å². The quantitative estimate of drug-likeness (QED) is 0.915. The van der Waals surface area contributed by atoms with Crippen LogP contribution < -0.4 is 10.1 Å². The Labute approximate surface area is 120 Å². The summed E-state index contributed by atoms with van der Waals surface area (Å²) in [6, 6.07) is 4.05. The summed E-state index contributed by atoms with van der Waals surface area (Å²) in [5, 5.41) is 4.21. The Morgan fingerprint density at radius 2 is 1.78 bits per heavy atom. The topological polar surface area (TPSA) is 21.3 Å². The van der Waals surface area contributed by atoms with E-state index in [1.807, 2.05) is 26.0 Å². The van der Waals surface area contributed by atoms with Crippen molar-refractivity contribution in [2.45, 2.75) is 26.7 Å². The lowest BCUT2D eigenvalue weighted by Gasteiger charge is -2.22. The minimum Gasteiger partial charge on any atom is -0.493 e. The summed E-state index contributed by atoms with van der Waals surface area (Å²) < 4.78 is 5.88. The van der Waals surface area contributed by atoms with Crippen molar-refractivity contribution >= 4 is 24.0 Å². The fourth-order valence-electron chi connectivity index (χ4n) is 2.25. The monoisotopic (exact) mass is 289 g/mol. The number of halogens is 2. The third-order valence-electron chi connectivity index (χ3n) is 3.35. The Morgan fingerprint density at radius 3 is 2.33 bits per heavy atom. The zero-order valence-corrected chi connectivity index (χ0v) is 12.5. The maximum Gasteiger partial charge on any atom is 0.119 e. The molecule has 1 saturated heterocycles. The molecule has 0 aliphatic carbocycles. The third kappa shape index (κ3) is 4.04. The van der Waals surface area contributed by atoms with Gasteiger partial charge in [-0.15, -0.1) is 12.4 Å². The predicted octanol–water partition coefficient (Wildman–Crippen LogP) is 3.76. The zero-order valence-electron chi connectivity index (χ0n) is 11.0. The molecule has 2 nitrogen and oxygen atoms in total. The number of rotatable bonds is 3. The van der Waals surface area contributed by atoms with Crippen LogP contribution in [0.25, 0.3) is 0 Å². The molecule has 1 N–H and O–H groups in total. The fraction of sp³-hybridized carbons (Fsp3) is 0.571. The van der Waals surface area contributed by atoms with E-state index in [2.05, 4.69) is 5.32 Å². The SMILES string of the molecule is Cc1cc(OCC2CCNCC2)cc(C)c1Cl.Cl. The molecule has 102 valence electrons. The number of hydrogen-bond acceptors (Lipinski definition) is 2. The van der Waals surface area contributed by atoms with Crippen LogP contribution in [0.2, 0.25) is 5.02 Å². The molecule has 0 amide bonds. The van der Waals surface area contributed by atoms with Crippen molar-refractivity contribution in [1.29, 1.82) is 0 Å². The van der Waals surface area contributed by atoms with Gasteiger partial charge in [0.15, 0.2) is 0 Å². The first kappa shape index (κ1) is 15.6. The van der Waals surface area contributed by atoms with Crippen molar-refractivity contribution in [1.82, 2.24) is 5.32 Å². The lowest BCUT2D eigenvalue weighted by Crippen LogP contribution is -2.30. The van der Waals surface area contributed by atoms with Gasteiger partial charge in [-0.25, -0.2) is 0 Å². The smallest absolute Gasteiger partial charge is 0.119 e. The lowest BCUT2D eigenvalue weighted by atomic mass is 9.99. The summed E-state index contributed by atoms with van der Waals surface area (Å²) in [7, 11) is 0. The number of nitrogens with one attached hydrogen (secondary N) is 1. The number of ether oxygens (including phenoxy) is 1. The Balaban J connectivity index is 0.00000162. The Kier molecular flexibility index (Phi) is 6.27. The largest absolute Gasteiger partial charge is 0.493 e. The number of aryl methyl sites for hydroxylation is 2. The molecule has 0 bridgehead atoms. The number of piperidine rings is 1. The molecule has 0 unspecified atom stereocenters. The minimum absolute atomic E-state index is 0. The summed E-state index contributed by atoms with van der Waals surface area (Å²) >= 11 is 6.13. The van der Waals surface area contributed by atoms with E-state index >= 15 is 0 Å². The van der Waals surface area contributed by atoms with Gasteiger partial charge in [-0.3, -0.25) is 0 Å². The van der Waals surface area contributed by atoms with Crippen molar-refractivity contribution < 1.29 is 4.74 Å². The van der Waals surface area contributed by atoms with Gasteiger partial charge in [0.25, 0.3) is 0 Å². The Morgan fingerprint density at radius 1 is 1.22 bits per heavy atom. The van der Waals surface area contributed by atoms with Crippen molar-refractivity contribution in [3.63, 3.8) is 0 Å². The van der Waals surface area contributed by atoms with Crippen molar-refractivity contribution in [3.8, 4) is 5.75 Å². The molecular weight excluding hydrogens is 269 g/mol. The Hall–Kier alpha value is -0.440. The normalized spacial score (nSPS) is 16.2. The molecule has 0 aromatic heterocycles. The van der Waals surface area contributed by atoms with Crippen LogP contribution in [-0.4, -0.2) is 19.7 Å². The van der Waals surface area contributed by atoms with E-state index in [9.17, 15) is 0 Å². The molecule has 2 rings (SSSR count). The van der Waals surface area contributed by atoms with Crippen LogP contribution in [0, 0.1) is 19.8 Å². The molecule has 1 aliphatic heterocycles. The van der Waals surface area contributed by atoms with Crippen LogP contribution in [-0.2, 0) is 0 Å². The van der Waals surface area contributed by atoms with E-state index in [0.717, 1.165) is 41.6 Å². The standard InChI is InChI=1S/C14H20ClNO.ClH/c1-10-7-13(8-11(2)14(10)15)17-9-12-3-5-16-6-4-12;/h7-8,12,16H,3-6,9H2,1-2H3;1H. The van der Waals surface area contributed by atoms with Gasteiger partial charge >= 0.3 is 0 Å². The van der Waals surface area contributed by atoms with Gasteiger partial charge in [-0.2, -0.15) is 0 Å². The van der Waals surface area contributed by atoms with Crippen LogP contribution >= 0.6 is 24.0 Å². The number of benzene rings is 1. The first-order valence-electron chi connectivity index (χ1n) is 6.27. The summed E-state index contributed by atoms with van der Waals surface area (Å²) in [6.45, 7) is 7.10. The molecule has 1 heterocycles. The molecule has 18 heavy (non-hydrogen) atoms. The summed E-state index contributed by atoms with van der Waals surface area (Å²) in [4.78, 5) is 0. The second kappa shape index (κ2) is 7.22. The van der Waals surface area contributed by atoms with Crippen molar-refractivity contribution in [2.24, 2.45) is 5.92 Å². The third-order valence-corrected chi connectivity index (χ3v) is 3.95. The molecule has 1 aliphatic rings. The van der Waals surface area contributed by atoms with Gasteiger partial charge in [0.1, 0.15) is 5.75 Å². The van der Waals surface area contributed by atoms with Crippen molar-refractivity contribution in [2.75, 3.05) is 19.7 Å². The van der Waals surface area contributed by atoms with Gasteiger partial charge < -0.3 is 10.1 Å². The maximum absolute atomic E-state index is 6.13. The Bertz CT molecular complexity index is 366.